The summed E-state index contributed by atoms with van der Waals surface area (Å²) in [6.45, 7) is 2.07. The summed E-state index contributed by atoms with van der Waals surface area (Å²) in [6, 6.07) is 16.5. The van der Waals surface area contributed by atoms with Gasteiger partial charge in [0.25, 0.3) is 0 Å². The first kappa shape index (κ1) is 19.6. The van der Waals surface area contributed by atoms with Gasteiger partial charge in [-0.25, -0.2) is 9.78 Å². The van der Waals surface area contributed by atoms with Crippen molar-refractivity contribution in [3.05, 3.63) is 71.9 Å². The third kappa shape index (κ3) is 4.49. The highest BCUT2D eigenvalue weighted by atomic mass is 16.4. The first-order valence-corrected chi connectivity index (χ1v) is 10.1. The van der Waals surface area contributed by atoms with Crippen LogP contribution in [-0.4, -0.2) is 35.1 Å². The molecule has 2 heterocycles. The molecule has 3 aromatic rings. The molecule has 0 saturated carbocycles. The Bertz CT molecular complexity index is 1100. The Morgan fingerprint density at radius 3 is 2.47 bits per heavy atom. The monoisotopic (exact) mass is 401 g/mol. The highest BCUT2D eigenvalue weighted by molar-refractivity contribution is 6.07. The van der Waals surface area contributed by atoms with Crippen LogP contribution < -0.4 is 10.2 Å². The lowest BCUT2D eigenvalue weighted by atomic mass is 10.1. The van der Waals surface area contributed by atoms with E-state index < -0.39 is 6.09 Å². The third-order valence-corrected chi connectivity index (χ3v) is 5.24. The molecule has 2 N–H and O–H groups in total. The predicted molar refractivity (Wildman–Crippen MR) is 119 cm³/mol. The zero-order valence-corrected chi connectivity index (χ0v) is 16.5. The van der Waals surface area contributed by atoms with Crippen LogP contribution in [0.15, 0.2) is 60.7 Å². The smallest absolute Gasteiger partial charge is 0.409 e. The molecule has 0 bridgehead atoms. The number of nitrogens with zero attached hydrogens (tertiary/aromatic N) is 2. The van der Waals surface area contributed by atoms with Gasteiger partial charge >= 0.3 is 6.09 Å². The molecule has 30 heavy (non-hydrogen) atoms. The quantitative estimate of drug-likeness (QED) is 0.453. The number of piperidine rings is 1. The number of carbonyl (C=O) groups excluding carboxylic acids is 1. The molecule has 1 saturated heterocycles. The van der Waals surface area contributed by atoms with Crippen molar-refractivity contribution in [3.8, 4) is 0 Å². The fourth-order valence-corrected chi connectivity index (χ4v) is 3.76. The maximum Gasteiger partial charge on any atom is 0.409 e. The van der Waals surface area contributed by atoms with E-state index >= 15 is 0 Å². The molecule has 2 aromatic carbocycles. The molecule has 0 spiro atoms. The maximum atomic E-state index is 12.5. The van der Waals surface area contributed by atoms with Gasteiger partial charge < -0.3 is 10.0 Å². The van der Waals surface area contributed by atoms with Gasteiger partial charge in [-0.3, -0.25) is 10.1 Å². The second-order valence-electron chi connectivity index (χ2n) is 7.34. The highest BCUT2D eigenvalue weighted by Crippen LogP contribution is 2.29. The zero-order valence-electron chi connectivity index (χ0n) is 16.5. The minimum absolute atomic E-state index is 0.161. The van der Waals surface area contributed by atoms with Crippen molar-refractivity contribution in [2.45, 2.75) is 19.3 Å². The van der Waals surface area contributed by atoms with E-state index in [-0.39, 0.29) is 5.78 Å². The molecule has 6 nitrogen and oxygen atoms in total. The number of fused-ring (bicyclic) bond motifs is 1. The number of anilines is 2. The van der Waals surface area contributed by atoms with Gasteiger partial charge in [-0.2, -0.15) is 0 Å². The maximum absolute atomic E-state index is 12.5. The summed E-state index contributed by atoms with van der Waals surface area (Å²) in [5.41, 5.74) is 3.73. The van der Waals surface area contributed by atoms with E-state index in [4.69, 9.17) is 10.1 Å². The fourth-order valence-electron chi connectivity index (χ4n) is 3.76. The van der Waals surface area contributed by atoms with Gasteiger partial charge in [0.2, 0.25) is 0 Å². The number of amides is 1. The number of carboxylic acid groups (broad SMARTS) is 1. The first-order chi connectivity index (χ1) is 14.6. The summed E-state index contributed by atoms with van der Waals surface area (Å²) in [4.78, 5) is 30.3. The second-order valence-corrected chi connectivity index (χ2v) is 7.34. The van der Waals surface area contributed by atoms with Crippen LogP contribution in [0.1, 0.15) is 35.3 Å². The summed E-state index contributed by atoms with van der Waals surface area (Å²) >= 11 is 0. The summed E-state index contributed by atoms with van der Waals surface area (Å²) in [7, 11) is 0. The van der Waals surface area contributed by atoms with E-state index in [1.165, 1.54) is 25.3 Å². The van der Waals surface area contributed by atoms with E-state index in [1.807, 2.05) is 18.2 Å². The van der Waals surface area contributed by atoms with Gasteiger partial charge in [-0.05, 0) is 67.8 Å². The molecule has 152 valence electrons. The van der Waals surface area contributed by atoms with Gasteiger partial charge in [0.1, 0.15) is 0 Å². The van der Waals surface area contributed by atoms with Crippen molar-refractivity contribution < 1.29 is 14.7 Å². The number of aromatic nitrogens is 1. The molecule has 0 unspecified atom stereocenters. The van der Waals surface area contributed by atoms with Crippen molar-refractivity contribution in [1.82, 2.24) is 4.98 Å². The number of rotatable bonds is 5. The lowest BCUT2D eigenvalue weighted by Crippen LogP contribution is -2.29. The van der Waals surface area contributed by atoms with E-state index in [1.54, 1.807) is 30.3 Å². The predicted octanol–water partition coefficient (Wildman–Crippen LogP) is 5.21. The number of ketones is 1. The van der Waals surface area contributed by atoms with Crippen molar-refractivity contribution in [2.24, 2.45) is 0 Å². The number of pyridine rings is 1. The lowest BCUT2D eigenvalue weighted by molar-refractivity contribution is 0.104. The van der Waals surface area contributed by atoms with Crippen LogP contribution in [0.2, 0.25) is 0 Å². The molecule has 1 aromatic heterocycles. The van der Waals surface area contributed by atoms with E-state index in [0.29, 0.717) is 11.3 Å². The van der Waals surface area contributed by atoms with Crippen LogP contribution >= 0.6 is 0 Å². The molecule has 0 aliphatic carbocycles. The number of allylic oxidation sites excluding steroid dienone is 1. The van der Waals surface area contributed by atoms with Crippen LogP contribution in [0, 0.1) is 0 Å². The Morgan fingerprint density at radius 2 is 1.73 bits per heavy atom. The van der Waals surface area contributed by atoms with Crippen LogP contribution in [0.4, 0.5) is 16.2 Å². The molecular weight excluding hydrogens is 378 g/mol. The number of hydrogen-bond acceptors (Lipinski definition) is 4. The average molecular weight is 401 g/mol. The molecule has 1 fully saturated rings. The Labute approximate surface area is 174 Å². The van der Waals surface area contributed by atoms with Crippen LogP contribution in [0.3, 0.4) is 0 Å². The molecule has 0 radical (unpaired) electrons. The summed E-state index contributed by atoms with van der Waals surface area (Å²) < 4.78 is 0. The molecule has 1 aliphatic rings. The molecule has 1 aliphatic heterocycles. The Kier molecular flexibility index (Phi) is 5.75. The van der Waals surface area contributed by atoms with Gasteiger partial charge in [-0.15, -0.1) is 0 Å². The van der Waals surface area contributed by atoms with Gasteiger partial charge in [-0.1, -0.05) is 18.2 Å². The summed E-state index contributed by atoms with van der Waals surface area (Å²) in [5.74, 6) is -0.161. The van der Waals surface area contributed by atoms with Crippen molar-refractivity contribution in [3.63, 3.8) is 0 Å². The first-order valence-electron chi connectivity index (χ1n) is 10.1. The SMILES string of the molecule is O=C(O)Nc1ccc(C(=O)C=Cc2cc(N3CCCCC3)c3ccccc3n2)cc1. The van der Waals surface area contributed by atoms with Crippen LogP contribution in [0.25, 0.3) is 17.0 Å². The third-order valence-electron chi connectivity index (χ3n) is 5.24. The average Bonchev–Trinajstić information content (AvgIpc) is 2.77. The topological polar surface area (TPSA) is 82.5 Å². The van der Waals surface area contributed by atoms with E-state index in [9.17, 15) is 9.59 Å². The summed E-state index contributed by atoms with van der Waals surface area (Å²) in [6.07, 6.45) is 5.75. The number of benzene rings is 2. The normalized spacial score (nSPS) is 14.2. The highest BCUT2D eigenvalue weighted by Gasteiger charge is 2.15. The number of hydrogen-bond donors (Lipinski definition) is 2. The largest absolute Gasteiger partial charge is 0.465 e. The Balaban J connectivity index is 1.59. The zero-order chi connectivity index (χ0) is 20.9. The van der Waals surface area contributed by atoms with E-state index in [2.05, 4.69) is 22.3 Å². The van der Waals surface area contributed by atoms with Crippen molar-refractivity contribution in [1.29, 1.82) is 0 Å². The van der Waals surface area contributed by atoms with Crippen LogP contribution in [0.5, 0.6) is 0 Å². The van der Waals surface area contributed by atoms with Crippen molar-refractivity contribution >= 4 is 40.2 Å². The molecule has 1 amide bonds. The number of para-hydroxylation sites is 1. The van der Waals surface area contributed by atoms with Gasteiger partial charge in [0.05, 0.1) is 11.2 Å². The van der Waals surface area contributed by atoms with Gasteiger partial charge in [0, 0.05) is 35.4 Å². The molecule has 4 rings (SSSR count). The van der Waals surface area contributed by atoms with Crippen LogP contribution in [-0.2, 0) is 0 Å². The molecule has 0 atom stereocenters. The fraction of sp³-hybridized carbons (Fsp3) is 0.208. The van der Waals surface area contributed by atoms with E-state index in [0.717, 1.165) is 35.4 Å². The molecule has 6 heteroatoms. The minimum Gasteiger partial charge on any atom is -0.465 e. The second kappa shape index (κ2) is 8.78. The number of carbonyl (C=O) groups is 2. The standard InChI is InChI=1S/C24H23N3O3/c28-23(17-8-10-18(11-9-17)26-24(29)30)13-12-19-16-22(27-14-4-1-5-15-27)20-6-2-3-7-21(20)25-19/h2-3,6-13,16,26H,1,4-5,14-15H2,(H,29,30). The minimum atomic E-state index is -1.14. The number of nitrogens with one attached hydrogen (secondary N) is 1. The Hall–Kier alpha value is -3.67. The van der Waals surface area contributed by atoms with Gasteiger partial charge in [0.15, 0.2) is 5.78 Å². The van der Waals surface area contributed by atoms with Crippen molar-refractivity contribution in [2.75, 3.05) is 23.3 Å². The summed E-state index contributed by atoms with van der Waals surface area (Å²) in [5, 5.41) is 12.1. The molecular formula is C24H23N3O3. The Morgan fingerprint density at radius 1 is 1.00 bits per heavy atom. The lowest BCUT2D eigenvalue weighted by Gasteiger charge is -2.30.